The summed E-state index contributed by atoms with van der Waals surface area (Å²) >= 11 is 0. The number of anilines is 1. The largest absolute Gasteiger partial charge is 0.312 e. The predicted molar refractivity (Wildman–Crippen MR) is 123 cm³/mol. The highest BCUT2D eigenvalue weighted by atomic mass is 32.2. The number of nitrogens with one attached hydrogen (secondary N) is 1. The minimum Gasteiger partial charge on any atom is -0.312 e. The van der Waals surface area contributed by atoms with Crippen LogP contribution in [0.3, 0.4) is 0 Å². The first-order valence-corrected chi connectivity index (χ1v) is 11.9. The van der Waals surface area contributed by atoms with Crippen molar-refractivity contribution >= 4 is 21.6 Å². The molecule has 1 aliphatic rings. The fourth-order valence-electron chi connectivity index (χ4n) is 4.09. The molecule has 1 N–H and O–H groups in total. The molecule has 4 rings (SSSR count). The summed E-state index contributed by atoms with van der Waals surface area (Å²) in [5, 5.41) is 0. The quantitative estimate of drug-likeness (QED) is 0.621. The number of aryl methyl sites for hydroxylation is 2. The third-order valence-electron chi connectivity index (χ3n) is 5.75. The molecule has 0 unspecified atom stereocenters. The van der Waals surface area contributed by atoms with Crippen LogP contribution in [0.4, 0.5) is 5.69 Å². The Balaban J connectivity index is 1.69. The summed E-state index contributed by atoms with van der Waals surface area (Å²) < 4.78 is 29.6. The molecule has 0 bridgehead atoms. The fraction of sp³-hybridized carbons (Fsp3) is 0.240. The Kier molecular flexibility index (Phi) is 5.94. The molecule has 0 radical (unpaired) electrons. The van der Waals surface area contributed by atoms with Gasteiger partial charge in [-0.2, -0.15) is 4.72 Å². The van der Waals surface area contributed by atoms with Gasteiger partial charge in [0.05, 0.1) is 10.9 Å². The topological polar surface area (TPSA) is 66.5 Å². The van der Waals surface area contributed by atoms with Gasteiger partial charge in [0.25, 0.3) is 0 Å². The van der Waals surface area contributed by atoms with Gasteiger partial charge in [0, 0.05) is 18.7 Å². The number of hydrogen-bond donors (Lipinski definition) is 1. The molecule has 160 valence electrons. The van der Waals surface area contributed by atoms with Crippen LogP contribution in [-0.4, -0.2) is 20.9 Å². The number of benzene rings is 3. The smallest absolute Gasteiger partial charge is 0.241 e. The maximum atomic E-state index is 13.4. The molecule has 5 nitrogen and oxygen atoms in total. The lowest BCUT2D eigenvalue weighted by Gasteiger charge is -2.23. The van der Waals surface area contributed by atoms with Crippen LogP contribution in [0.15, 0.2) is 77.7 Å². The molecule has 3 aromatic rings. The summed E-state index contributed by atoms with van der Waals surface area (Å²) in [6, 6.07) is 21.8. The van der Waals surface area contributed by atoms with Gasteiger partial charge in [-0.05, 0) is 60.7 Å². The number of carbonyl (C=O) groups is 1. The summed E-state index contributed by atoms with van der Waals surface area (Å²) in [6.07, 6.45) is 1.37. The van der Waals surface area contributed by atoms with Crippen LogP contribution in [0.5, 0.6) is 0 Å². The second kappa shape index (κ2) is 8.65. The van der Waals surface area contributed by atoms with Crippen LogP contribution in [-0.2, 0) is 14.8 Å². The maximum absolute atomic E-state index is 13.4. The zero-order valence-electron chi connectivity index (χ0n) is 17.7. The zero-order chi connectivity index (χ0) is 22.0. The van der Waals surface area contributed by atoms with E-state index in [4.69, 9.17) is 0 Å². The average Bonchev–Trinajstić information content (AvgIpc) is 3.19. The van der Waals surface area contributed by atoms with E-state index >= 15 is 0 Å². The van der Waals surface area contributed by atoms with E-state index in [1.165, 1.54) is 0 Å². The van der Waals surface area contributed by atoms with Crippen LogP contribution < -0.4 is 9.62 Å². The van der Waals surface area contributed by atoms with E-state index < -0.39 is 16.1 Å². The van der Waals surface area contributed by atoms with Gasteiger partial charge in [-0.25, -0.2) is 8.42 Å². The normalized spacial score (nSPS) is 15.3. The fourth-order valence-corrected chi connectivity index (χ4v) is 5.38. The van der Waals surface area contributed by atoms with Gasteiger partial charge < -0.3 is 4.90 Å². The Hall–Kier alpha value is -2.96. The summed E-state index contributed by atoms with van der Waals surface area (Å²) in [5.74, 6) is 0.0838. The maximum Gasteiger partial charge on any atom is 0.241 e. The second-order valence-electron chi connectivity index (χ2n) is 7.92. The van der Waals surface area contributed by atoms with Crippen molar-refractivity contribution in [2.75, 3.05) is 11.4 Å². The highest BCUT2D eigenvalue weighted by Crippen LogP contribution is 2.30. The Labute approximate surface area is 183 Å². The van der Waals surface area contributed by atoms with Crippen molar-refractivity contribution in [2.24, 2.45) is 0 Å². The van der Waals surface area contributed by atoms with E-state index in [1.54, 1.807) is 23.1 Å². The summed E-state index contributed by atoms with van der Waals surface area (Å²) in [5.41, 5.74) is 4.34. The monoisotopic (exact) mass is 434 g/mol. The third kappa shape index (κ3) is 4.40. The van der Waals surface area contributed by atoms with Crippen molar-refractivity contribution in [3.05, 3.63) is 95.1 Å². The van der Waals surface area contributed by atoms with Crippen molar-refractivity contribution in [1.29, 1.82) is 0 Å². The highest BCUT2D eigenvalue weighted by Gasteiger charge is 2.27. The molecule has 1 aliphatic heterocycles. The number of nitrogens with zero attached hydrogens (tertiary/aromatic N) is 1. The van der Waals surface area contributed by atoms with Gasteiger partial charge in [-0.15, -0.1) is 0 Å². The molecule has 0 aromatic heterocycles. The molecule has 0 saturated carbocycles. The average molecular weight is 435 g/mol. The van der Waals surface area contributed by atoms with Gasteiger partial charge in [0.2, 0.25) is 15.9 Å². The molecule has 6 heteroatoms. The van der Waals surface area contributed by atoms with Gasteiger partial charge in [-0.1, -0.05) is 54.6 Å². The number of hydrogen-bond acceptors (Lipinski definition) is 3. The van der Waals surface area contributed by atoms with Gasteiger partial charge >= 0.3 is 0 Å². The highest BCUT2D eigenvalue weighted by molar-refractivity contribution is 7.89. The Bertz CT molecular complexity index is 1210. The summed E-state index contributed by atoms with van der Waals surface area (Å²) in [6.45, 7) is 4.49. The minimum atomic E-state index is -3.80. The Morgan fingerprint density at radius 2 is 1.61 bits per heavy atom. The number of amides is 1. The number of sulfonamides is 1. The first-order valence-electron chi connectivity index (χ1n) is 10.4. The van der Waals surface area contributed by atoms with Crippen LogP contribution >= 0.6 is 0 Å². The molecule has 0 aliphatic carbocycles. The Morgan fingerprint density at radius 3 is 2.26 bits per heavy atom. The van der Waals surface area contributed by atoms with E-state index in [0.717, 1.165) is 34.4 Å². The summed E-state index contributed by atoms with van der Waals surface area (Å²) in [7, 11) is -3.80. The molecule has 1 atom stereocenters. The van der Waals surface area contributed by atoms with Crippen molar-refractivity contribution < 1.29 is 13.2 Å². The molecule has 1 amide bonds. The molecule has 1 saturated heterocycles. The lowest BCUT2D eigenvalue weighted by Crippen LogP contribution is -2.30. The lowest BCUT2D eigenvalue weighted by molar-refractivity contribution is -0.117. The van der Waals surface area contributed by atoms with Crippen molar-refractivity contribution in [3.8, 4) is 0 Å². The SMILES string of the molecule is Cc1ccccc1[C@H](NS(=O)(=O)c1ccc(N2CCCC2=O)c(C)c1)c1ccccc1. The minimum absolute atomic E-state index is 0.0838. The van der Waals surface area contributed by atoms with E-state index in [9.17, 15) is 13.2 Å². The molecular formula is C25H26N2O3S. The van der Waals surface area contributed by atoms with Gasteiger partial charge in [0.1, 0.15) is 0 Å². The number of carbonyl (C=O) groups excluding carboxylic acids is 1. The van der Waals surface area contributed by atoms with Crippen molar-refractivity contribution in [1.82, 2.24) is 4.72 Å². The van der Waals surface area contributed by atoms with Crippen LogP contribution in [0.2, 0.25) is 0 Å². The van der Waals surface area contributed by atoms with Crippen LogP contribution in [0.1, 0.15) is 41.1 Å². The molecule has 3 aromatic carbocycles. The van der Waals surface area contributed by atoms with Crippen molar-refractivity contribution in [3.63, 3.8) is 0 Å². The molecule has 1 heterocycles. The van der Waals surface area contributed by atoms with Crippen molar-refractivity contribution in [2.45, 2.75) is 37.6 Å². The van der Waals surface area contributed by atoms with Crippen LogP contribution in [0.25, 0.3) is 0 Å². The first kappa shape index (κ1) is 21.3. The standard InChI is InChI=1S/C25H26N2O3S/c1-18-9-6-7-12-22(18)25(20-10-4-3-5-11-20)26-31(29,30)21-14-15-23(19(2)17-21)27-16-8-13-24(27)28/h3-7,9-12,14-15,17,25-26H,8,13,16H2,1-2H3/t25-/m1/s1. The van der Waals surface area contributed by atoms with E-state index in [1.807, 2.05) is 68.4 Å². The first-order chi connectivity index (χ1) is 14.9. The predicted octanol–water partition coefficient (Wildman–Crippen LogP) is 4.50. The van der Waals surface area contributed by atoms with Gasteiger partial charge in [-0.3, -0.25) is 4.79 Å². The molecule has 31 heavy (non-hydrogen) atoms. The number of rotatable bonds is 6. The second-order valence-corrected chi connectivity index (χ2v) is 9.63. The zero-order valence-corrected chi connectivity index (χ0v) is 18.5. The molecule has 1 fully saturated rings. The molecule has 0 spiro atoms. The van der Waals surface area contributed by atoms with Crippen LogP contribution in [0, 0.1) is 13.8 Å². The third-order valence-corrected chi connectivity index (χ3v) is 7.17. The van der Waals surface area contributed by atoms with E-state index in [0.29, 0.717) is 13.0 Å². The summed E-state index contributed by atoms with van der Waals surface area (Å²) in [4.78, 5) is 14.0. The molecular weight excluding hydrogens is 408 g/mol. The Morgan fingerprint density at radius 1 is 0.903 bits per heavy atom. The lowest BCUT2D eigenvalue weighted by atomic mass is 9.96. The van der Waals surface area contributed by atoms with Gasteiger partial charge in [0.15, 0.2) is 0 Å². The van der Waals surface area contributed by atoms with E-state index in [-0.39, 0.29) is 10.8 Å². The van der Waals surface area contributed by atoms with E-state index in [2.05, 4.69) is 4.72 Å².